The summed E-state index contributed by atoms with van der Waals surface area (Å²) in [7, 11) is 0. The van der Waals surface area contributed by atoms with E-state index in [4.69, 9.17) is 0 Å². The molecule has 0 heterocycles. The van der Waals surface area contributed by atoms with Crippen molar-refractivity contribution in [2.24, 2.45) is 17.8 Å². The van der Waals surface area contributed by atoms with Crippen molar-refractivity contribution >= 4 is 0 Å². The van der Waals surface area contributed by atoms with Crippen molar-refractivity contribution < 1.29 is 5.11 Å². The Morgan fingerprint density at radius 2 is 2.12 bits per heavy atom. The first-order chi connectivity index (χ1) is 7.81. The fourth-order valence-electron chi connectivity index (χ4n) is 3.61. The summed E-state index contributed by atoms with van der Waals surface area (Å²) in [6, 6.07) is 0. The summed E-state index contributed by atoms with van der Waals surface area (Å²) in [5.74, 6) is 2.11. The van der Waals surface area contributed by atoms with E-state index in [-0.39, 0.29) is 6.10 Å². The lowest BCUT2D eigenvalue weighted by molar-refractivity contribution is 0.0224. The van der Waals surface area contributed by atoms with Gasteiger partial charge in [-0.2, -0.15) is 0 Å². The first-order valence-electron chi connectivity index (χ1n) is 7.16. The van der Waals surface area contributed by atoms with E-state index in [1.165, 1.54) is 44.9 Å². The molecular weight excluding hydrogens is 196 g/mol. The molecule has 1 saturated carbocycles. The lowest BCUT2D eigenvalue weighted by atomic mass is 9.70. The molecule has 0 aromatic carbocycles. The topological polar surface area (TPSA) is 20.2 Å². The monoisotopic (exact) mass is 222 g/mol. The molecule has 0 aromatic heterocycles. The molecule has 1 fully saturated rings. The predicted octanol–water partition coefficient (Wildman–Crippen LogP) is 3.92. The first kappa shape index (κ1) is 12.2. The van der Waals surface area contributed by atoms with Crippen LogP contribution < -0.4 is 0 Å². The number of aliphatic hydroxyl groups is 1. The van der Waals surface area contributed by atoms with Crippen LogP contribution in [0.15, 0.2) is 12.2 Å². The summed E-state index contributed by atoms with van der Waals surface area (Å²) in [5, 5.41) is 10.2. The molecule has 1 nitrogen and oxygen atoms in total. The molecular formula is C15H26O. The van der Waals surface area contributed by atoms with Crippen LogP contribution in [0.25, 0.3) is 0 Å². The standard InChI is InChI=1S/C15H26O/c1-2-6-12-9-10-15(16)14(11-12)13-7-4-3-5-8-13/h4,7,12-16H,2-3,5-6,8-11H2,1H3. The highest BCUT2D eigenvalue weighted by Gasteiger charge is 2.33. The first-order valence-corrected chi connectivity index (χ1v) is 7.16. The Morgan fingerprint density at radius 3 is 2.81 bits per heavy atom. The average molecular weight is 222 g/mol. The summed E-state index contributed by atoms with van der Waals surface area (Å²) in [4.78, 5) is 0. The molecule has 2 rings (SSSR count). The van der Waals surface area contributed by atoms with Gasteiger partial charge in [0.2, 0.25) is 0 Å². The van der Waals surface area contributed by atoms with E-state index in [0.29, 0.717) is 11.8 Å². The van der Waals surface area contributed by atoms with Gasteiger partial charge in [-0.3, -0.25) is 0 Å². The van der Waals surface area contributed by atoms with Crippen LogP contribution in [-0.2, 0) is 0 Å². The highest BCUT2D eigenvalue weighted by molar-refractivity contribution is 4.98. The van der Waals surface area contributed by atoms with Gasteiger partial charge >= 0.3 is 0 Å². The number of allylic oxidation sites excluding steroid dienone is 2. The van der Waals surface area contributed by atoms with Gasteiger partial charge in [-0.25, -0.2) is 0 Å². The lowest BCUT2D eigenvalue weighted by Crippen LogP contribution is -2.34. The van der Waals surface area contributed by atoms with Crippen molar-refractivity contribution in [2.75, 3.05) is 0 Å². The second kappa shape index (κ2) is 5.86. The molecule has 0 amide bonds. The van der Waals surface area contributed by atoms with Gasteiger partial charge in [-0.05, 0) is 56.3 Å². The van der Waals surface area contributed by atoms with Crippen LogP contribution in [0.1, 0.15) is 58.3 Å². The SMILES string of the molecule is CCCC1CCC(O)C(C2C=CCCC2)C1. The minimum Gasteiger partial charge on any atom is -0.393 e. The number of hydrogen-bond acceptors (Lipinski definition) is 1. The minimum atomic E-state index is -0.0270. The van der Waals surface area contributed by atoms with Crippen LogP contribution in [0.4, 0.5) is 0 Å². The van der Waals surface area contributed by atoms with E-state index < -0.39 is 0 Å². The third-order valence-electron chi connectivity index (χ3n) is 4.51. The summed E-state index contributed by atoms with van der Waals surface area (Å²) in [6.07, 6.45) is 14.8. The Bertz CT molecular complexity index is 234. The zero-order valence-corrected chi connectivity index (χ0v) is 10.6. The van der Waals surface area contributed by atoms with Crippen molar-refractivity contribution in [3.8, 4) is 0 Å². The molecule has 0 saturated heterocycles. The van der Waals surface area contributed by atoms with Crippen LogP contribution in [0, 0.1) is 17.8 Å². The molecule has 0 aliphatic heterocycles. The van der Waals surface area contributed by atoms with Crippen molar-refractivity contribution in [3.05, 3.63) is 12.2 Å². The van der Waals surface area contributed by atoms with Gasteiger partial charge in [-0.1, -0.05) is 31.9 Å². The van der Waals surface area contributed by atoms with Gasteiger partial charge in [0.05, 0.1) is 6.10 Å². The maximum absolute atomic E-state index is 10.2. The van der Waals surface area contributed by atoms with Gasteiger partial charge in [0.15, 0.2) is 0 Å². The highest BCUT2D eigenvalue weighted by atomic mass is 16.3. The van der Waals surface area contributed by atoms with E-state index in [9.17, 15) is 5.11 Å². The van der Waals surface area contributed by atoms with Crippen LogP contribution in [0.3, 0.4) is 0 Å². The molecule has 1 N–H and O–H groups in total. The number of hydrogen-bond donors (Lipinski definition) is 1. The Hall–Kier alpha value is -0.300. The second-order valence-electron chi connectivity index (χ2n) is 5.72. The predicted molar refractivity (Wildman–Crippen MR) is 68.2 cm³/mol. The Labute approximate surface area is 99.9 Å². The van der Waals surface area contributed by atoms with E-state index in [1.807, 2.05) is 0 Å². The van der Waals surface area contributed by atoms with Crippen molar-refractivity contribution in [2.45, 2.75) is 64.4 Å². The van der Waals surface area contributed by atoms with E-state index in [2.05, 4.69) is 19.1 Å². The van der Waals surface area contributed by atoms with Gasteiger partial charge in [0.25, 0.3) is 0 Å². The van der Waals surface area contributed by atoms with Crippen molar-refractivity contribution in [1.29, 1.82) is 0 Å². The summed E-state index contributed by atoms with van der Waals surface area (Å²) >= 11 is 0. The maximum atomic E-state index is 10.2. The molecule has 0 radical (unpaired) electrons. The third-order valence-corrected chi connectivity index (χ3v) is 4.51. The third kappa shape index (κ3) is 2.88. The van der Waals surface area contributed by atoms with Gasteiger partial charge in [0, 0.05) is 0 Å². The Morgan fingerprint density at radius 1 is 1.25 bits per heavy atom. The van der Waals surface area contributed by atoms with Crippen molar-refractivity contribution in [1.82, 2.24) is 0 Å². The minimum absolute atomic E-state index is 0.0270. The summed E-state index contributed by atoms with van der Waals surface area (Å²) in [5.41, 5.74) is 0. The lowest BCUT2D eigenvalue weighted by Gasteiger charge is -2.38. The zero-order chi connectivity index (χ0) is 11.4. The molecule has 0 spiro atoms. The Kier molecular flexibility index (Phi) is 4.45. The summed E-state index contributed by atoms with van der Waals surface area (Å²) in [6.45, 7) is 2.28. The van der Waals surface area contributed by atoms with E-state index in [1.54, 1.807) is 0 Å². The van der Waals surface area contributed by atoms with E-state index >= 15 is 0 Å². The molecule has 2 aliphatic carbocycles. The normalized spacial score (nSPS) is 39.9. The number of aliphatic hydroxyl groups excluding tert-OH is 1. The largest absolute Gasteiger partial charge is 0.393 e. The maximum Gasteiger partial charge on any atom is 0.0574 e. The van der Waals surface area contributed by atoms with Gasteiger partial charge in [0.1, 0.15) is 0 Å². The molecule has 2 aliphatic rings. The molecule has 4 unspecified atom stereocenters. The molecule has 4 atom stereocenters. The molecule has 1 heteroatoms. The number of rotatable bonds is 3. The fraction of sp³-hybridized carbons (Fsp3) is 0.867. The highest BCUT2D eigenvalue weighted by Crippen LogP contribution is 2.39. The van der Waals surface area contributed by atoms with Crippen LogP contribution in [0.5, 0.6) is 0 Å². The quantitative estimate of drug-likeness (QED) is 0.718. The molecule has 0 aromatic rings. The molecule has 16 heavy (non-hydrogen) atoms. The fourth-order valence-corrected chi connectivity index (χ4v) is 3.61. The smallest absolute Gasteiger partial charge is 0.0574 e. The average Bonchev–Trinajstić information content (AvgIpc) is 2.33. The van der Waals surface area contributed by atoms with Gasteiger partial charge in [-0.15, -0.1) is 0 Å². The summed E-state index contributed by atoms with van der Waals surface area (Å²) < 4.78 is 0. The second-order valence-corrected chi connectivity index (χ2v) is 5.72. The Balaban J connectivity index is 1.94. The molecule has 0 bridgehead atoms. The van der Waals surface area contributed by atoms with E-state index in [0.717, 1.165) is 12.3 Å². The van der Waals surface area contributed by atoms with Crippen LogP contribution >= 0.6 is 0 Å². The van der Waals surface area contributed by atoms with Crippen LogP contribution in [-0.4, -0.2) is 11.2 Å². The van der Waals surface area contributed by atoms with Crippen LogP contribution in [0.2, 0.25) is 0 Å². The molecule has 92 valence electrons. The van der Waals surface area contributed by atoms with Gasteiger partial charge < -0.3 is 5.11 Å². The van der Waals surface area contributed by atoms with Crippen molar-refractivity contribution in [3.63, 3.8) is 0 Å². The zero-order valence-electron chi connectivity index (χ0n) is 10.6.